The van der Waals surface area contributed by atoms with Crippen LogP contribution in [0.1, 0.15) is 15.9 Å². The Morgan fingerprint density at radius 3 is 2.71 bits per heavy atom. The van der Waals surface area contributed by atoms with E-state index >= 15 is 0 Å². The van der Waals surface area contributed by atoms with E-state index in [1.807, 2.05) is 20.0 Å². The summed E-state index contributed by atoms with van der Waals surface area (Å²) in [6.45, 7) is 1.02. The smallest absolute Gasteiger partial charge is 0.251 e. The fraction of sp³-hybridized carbons (Fsp3) is 0.417. The normalized spacial score (nSPS) is 10.0. The van der Waals surface area contributed by atoms with Crippen LogP contribution in [0.15, 0.2) is 18.2 Å². The minimum Gasteiger partial charge on any atom is -0.497 e. The Labute approximate surface area is 103 Å². The molecule has 5 heteroatoms. The summed E-state index contributed by atoms with van der Waals surface area (Å²) < 4.78 is 10.0. The molecule has 0 saturated heterocycles. The van der Waals surface area contributed by atoms with Crippen molar-refractivity contribution in [2.45, 2.75) is 6.32 Å². The van der Waals surface area contributed by atoms with Crippen LogP contribution in [-0.4, -0.2) is 41.1 Å². The number of amides is 1. The van der Waals surface area contributed by atoms with Crippen LogP contribution in [0.3, 0.4) is 0 Å². The van der Waals surface area contributed by atoms with Crippen LogP contribution in [0.2, 0.25) is 0 Å². The van der Waals surface area contributed by atoms with E-state index in [0.717, 1.165) is 11.9 Å². The van der Waals surface area contributed by atoms with Crippen molar-refractivity contribution in [2.24, 2.45) is 0 Å². The van der Waals surface area contributed by atoms with Crippen molar-refractivity contribution in [3.63, 3.8) is 0 Å². The van der Waals surface area contributed by atoms with Crippen LogP contribution in [0.5, 0.6) is 5.75 Å². The SMILES string of the molecule is BCc1cc(OC)cc(C(=O)NCCOC)c1. The van der Waals surface area contributed by atoms with Crippen molar-refractivity contribution in [2.75, 3.05) is 27.4 Å². The summed E-state index contributed by atoms with van der Waals surface area (Å²) in [4.78, 5) is 11.8. The molecule has 0 aromatic heterocycles. The molecular formula is C12H18BNO3. The van der Waals surface area contributed by atoms with E-state index in [4.69, 9.17) is 9.47 Å². The van der Waals surface area contributed by atoms with Gasteiger partial charge < -0.3 is 14.8 Å². The van der Waals surface area contributed by atoms with E-state index in [-0.39, 0.29) is 5.91 Å². The highest BCUT2D eigenvalue weighted by molar-refractivity contribution is 6.08. The van der Waals surface area contributed by atoms with Crippen LogP contribution >= 0.6 is 0 Å². The molecule has 0 radical (unpaired) electrons. The van der Waals surface area contributed by atoms with Crippen molar-refractivity contribution < 1.29 is 14.3 Å². The van der Waals surface area contributed by atoms with E-state index in [2.05, 4.69) is 5.32 Å². The van der Waals surface area contributed by atoms with Gasteiger partial charge >= 0.3 is 0 Å². The molecule has 0 spiro atoms. The Hall–Kier alpha value is -1.49. The maximum absolute atomic E-state index is 11.8. The molecule has 0 aliphatic carbocycles. The van der Waals surface area contributed by atoms with Crippen molar-refractivity contribution in [1.29, 1.82) is 0 Å². The van der Waals surface area contributed by atoms with Gasteiger partial charge in [-0.25, -0.2) is 0 Å². The van der Waals surface area contributed by atoms with Gasteiger partial charge in [0.25, 0.3) is 5.91 Å². The highest BCUT2D eigenvalue weighted by atomic mass is 16.5. The van der Waals surface area contributed by atoms with Gasteiger partial charge in [0.05, 0.1) is 13.7 Å². The topological polar surface area (TPSA) is 47.6 Å². The Kier molecular flexibility index (Phi) is 5.56. The minimum atomic E-state index is -0.101. The van der Waals surface area contributed by atoms with Crippen LogP contribution in [0, 0.1) is 0 Å². The number of methoxy groups -OCH3 is 2. The molecule has 0 bridgehead atoms. The zero-order valence-electron chi connectivity index (χ0n) is 10.6. The molecule has 1 N–H and O–H groups in total. The number of rotatable bonds is 6. The Balaban J connectivity index is 2.77. The van der Waals surface area contributed by atoms with Gasteiger partial charge in [-0.3, -0.25) is 4.79 Å². The first kappa shape index (κ1) is 13.6. The first-order valence-corrected chi connectivity index (χ1v) is 5.66. The fourth-order valence-electron chi connectivity index (χ4n) is 1.48. The number of carbonyl (C=O) groups excluding carboxylic acids is 1. The lowest BCUT2D eigenvalue weighted by atomic mass is 9.95. The van der Waals surface area contributed by atoms with Gasteiger partial charge in [0, 0.05) is 19.2 Å². The second-order valence-corrected chi connectivity index (χ2v) is 3.67. The lowest BCUT2D eigenvalue weighted by Crippen LogP contribution is -2.27. The summed E-state index contributed by atoms with van der Waals surface area (Å²) in [7, 11) is 5.25. The highest BCUT2D eigenvalue weighted by Crippen LogP contribution is 2.16. The first-order chi connectivity index (χ1) is 8.21. The summed E-state index contributed by atoms with van der Waals surface area (Å²) in [6.07, 6.45) is 0.871. The molecular weight excluding hydrogens is 217 g/mol. The van der Waals surface area contributed by atoms with Crippen LogP contribution < -0.4 is 10.1 Å². The fourth-order valence-corrected chi connectivity index (χ4v) is 1.48. The van der Waals surface area contributed by atoms with Crippen molar-refractivity contribution >= 4 is 13.8 Å². The van der Waals surface area contributed by atoms with Crippen LogP contribution in [0.25, 0.3) is 0 Å². The van der Waals surface area contributed by atoms with Crippen molar-refractivity contribution in [3.8, 4) is 5.75 Å². The van der Waals surface area contributed by atoms with Crippen molar-refractivity contribution in [3.05, 3.63) is 29.3 Å². The molecule has 0 atom stereocenters. The molecule has 0 saturated carbocycles. The minimum absolute atomic E-state index is 0.101. The largest absolute Gasteiger partial charge is 0.497 e. The average Bonchev–Trinajstić information content (AvgIpc) is 2.38. The number of nitrogens with one attached hydrogen (secondary N) is 1. The third kappa shape index (κ3) is 4.11. The quantitative estimate of drug-likeness (QED) is 0.566. The summed E-state index contributed by atoms with van der Waals surface area (Å²) in [6, 6.07) is 5.55. The lowest BCUT2D eigenvalue weighted by Gasteiger charge is -2.08. The number of hydrogen-bond acceptors (Lipinski definition) is 3. The number of ether oxygens (including phenoxy) is 2. The molecule has 1 rings (SSSR count). The molecule has 0 aliphatic heterocycles. The van der Waals surface area contributed by atoms with Crippen LogP contribution in [-0.2, 0) is 11.1 Å². The summed E-state index contributed by atoms with van der Waals surface area (Å²) in [5, 5.41) is 2.78. The number of carbonyl (C=O) groups is 1. The molecule has 17 heavy (non-hydrogen) atoms. The molecule has 1 aromatic carbocycles. The predicted molar refractivity (Wildman–Crippen MR) is 69.5 cm³/mol. The second-order valence-electron chi connectivity index (χ2n) is 3.67. The highest BCUT2D eigenvalue weighted by Gasteiger charge is 2.08. The zero-order valence-corrected chi connectivity index (χ0v) is 10.6. The summed E-state index contributed by atoms with van der Waals surface area (Å²) in [5.41, 5.74) is 1.71. The Morgan fingerprint density at radius 2 is 2.12 bits per heavy atom. The zero-order chi connectivity index (χ0) is 12.7. The van der Waals surface area contributed by atoms with E-state index in [9.17, 15) is 4.79 Å². The summed E-state index contributed by atoms with van der Waals surface area (Å²) in [5.74, 6) is 0.608. The van der Waals surface area contributed by atoms with E-state index in [1.54, 1.807) is 20.3 Å². The first-order valence-electron chi connectivity index (χ1n) is 5.66. The average molecular weight is 235 g/mol. The molecule has 0 aliphatic rings. The molecule has 1 amide bonds. The Morgan fingerprint density at radius 1 is 1.35 bits per heavy atom. The Bertz CT molecular complexity index is 360. The number of hydrogen-bond donors (Lipinski definition) is 1. The van der Waals surface area contributed by atoms with E-state index < -0.39 is 0 Å². The van der Waals surface area contributed by atoms with Gasteiger partial charge in [0.15, 0.2) is 0 Å². The third-order valence-electron chi connectivity index (χ3n) is 2.46. The van der Waals surface area contributed by atoms with Gasteiger partial charge in [0.1, 0.15) is 13.6 Å². The van der Waals surface area contributed by atoms with Gasteiger partial charge in [-0.15, -0.1) is 0 Å². The molecule has 1 aromatic rings. The standard InChI is InChI=1S/C12H18BNO3/c1-16-4-3-14-12(15)10-5-9(8-13)6-11(7-10)17-2/h5-7H,3-4,8,13H2,1-2H3,(H,14,15). The maximum atomic E-state index is 11.8. The summed E-state index contributed by atoms with van der Waals surface area (Å²) >= 11 is 0. The van der Waals surface area contributed by atoms with E-state index in [1.165, 1.54) is 0 Å². The molecule has 92 valence electrons. The van der Waals surface area contributed by atoms with Crippen molar-refractivity contribution in [1.82, 2.24) is 5.32 Å². The van der Waals surface area contributed by atoms with Gasteiger partial charge in [-0.1, -0.05) is 11.9 Å². The number of benzene rings is 1. The molecule has 0 fully saturated rings. The molecule has 0 unspecified atom stereocenters. The van der Waals surface area contributed by atoms with Gasteiger partial charge in [-0.2, -0.15) is 0 Å². The third-order valence-corrected chi connectivity index (χ3v) is 2.46. The van der Waals surface area contributed by atoms with E-state index in [0.29, 0.717) is 24.5 Å². The van der Waals surface area contributed by atoms with Gasteiger partial charge in [-0.05, 0) is 18.2 Å². The predicted octanol–water partition coefficient (Wildman–Crippen LogP) is 0.204. The monoisotopic (exact) mass is 235 g/mol. The second kappa shape index (κ2) is 6.96. The van der Waals surface area contributed by atoms with Crippen LogP contribution in [0.4, 0.5) is 0 Å². The lowest BCUT2D eigenvalue weighted by molar-refractivity contribution is 0.0936. The van der Waals surface area contributed by atoms with Gasteiger partial charge in [0.2, 0.25) is 0 Å². The maximum Gasteiger partial charge on any atom is 0.251 e. The molecule has 0 heterocycles. The molecule has 4 nitrogen and oxygen atoms in total.